The van der Waals surface area contributed by atoms with Crippen LogP contribution in [0.1, 0.15) is 29.3 Å². The Hall–Kier alpha value is -3.40. The molecule has 0 saturated heterocycles. The number of aryl methyl sites for hydroxylation is 1. The molecule has 11 heteroatoms. The number of halogens is 2. The number of Topliss-reactive ketones (excluding diaryl/α,β-unsaturated/α-hetero) is 1. The molecule has 0 N–H and O–H groups in total. The van der Waals surface area contributed by atoms with E-state index in [0.717, 1.165) is 21.7 Å². The van der Waals surface area contributed by atoms with Crippen molar-refractivity contribution in [1.29, 1.82) is 0 Å². The van der Waals surface area contributed by atoms with E-state index in [-0.39, 0.29) is 55.4 Å². The number of nitrogens with zero attached hydrogens (tertiary/aromatic N) is 2. The second-order valence-electron chi connectivity index (χ2n) is 7.71. The third kappa shape index (κ3) is 4.62. The van der Waals surface area contributed by atoms with Crippen LogP contribution in [0.3, 0.4) is 0 Å². The summed E-state index contributed by atoms with van der Waals surface area (Å²) in [5.41, 5.74) is 1.12. The maximum Gasteiger partial charge on any atom is 0.272 e. The van der Waals surface area contributed by atoms with Crippen LogP contribution in [-0.4, -0.2) is 23.1 Å². The fraction of sp³-hybridized carbons (Fsp3) is 0.125. The van der Waals surface area contributed by atoms with Gasteiger partial charge in [-0.25, -0.2) is 12.4 Å². The Morgan fingerprint density at radius 3 is 2.26 bits per heavy atom. The molecule has 0 radical (unpaired) electrons. The zero-order valence-electron chi connectivity index (χ0n) is 18.5. The van der Waals surface area contributed by atoms with Crippen molar-refractivity contribution >= 4 is 55.6 Å². The van der Waals surface area contributed by atoms with Crippen molar-refractivity contribution in [2.24, 2.45) is 0 Å². The Labute approximate surface area is 210 Å². The molecule has 4 rings (SSSR count). The standard InChI is InChI=1S/C24H18Cl2N2O6S/c1-3-23(29)19-13-27(35(32,33)17-7-4-14(2)5-8-17)22-9-6-16(12-18(19)22)34-24-20(25)10-15(28(30)31)11-21(24)26/h4-13H,3H2,1-2H3. The van der Waals surface area contributed by atoms with Crippen LogP contribution in [0.2, 0.25) is 10.0 Å². The minimum atomic E-state index is -3.98. The molecule has 0 spiro atoms. The van der Waals surface area contributed by atoms with E-state index in [2.05, 4.69) is 0 Å². The van der Waals surface area contributed by atoms with Gasteiger partial charge in [-0.15, -0.1) is 0 Å². The third-order valence-corrected chi connectivity index (χ3v) is 7.60. The molecule has 8 nitrogen and oxygen atoms in total. The number of hydrogen-bond donors (Lipinski definition) is 0. The number of carbonyl (C=O) groups is 1. The number of carbonyl (C=O) groups excluding carboxylic acids is 1. The van der Waals surface area contributed by atoms with Gasteiger partial charge in [-0.1, -0.05) is 47.8 Å². The van der Waals surface area contributed by atoms with Crippen LogP contribution in [0.4, 0.5) is 5.69 Å². The van der Waals surface area contributed by atoms with Crippen molar-refractivity contribution in [2.45, 2.75) is 25.2 Å². The van der Waals surface area contributed by atoms with Gasteiger partial charge in [0.15, 0.2) is 11.5 Å². The smallest absolute Gasteiger partial charge is 0.272 e. The second kappa shape index (κ2) is 9.33. The molecular formula is C24H18Cl2N2O6S. The van der Waals surface area contributed by atoms with Gasteiger partial charge in [0, 0.05) is 35.7 Å². The van der Waals surface area contributed by atoms with Gasteiger partial charge in [0.1, 0.15) is 5.75 Å². The van der Waals surface area contributed by atoms with Gasteiger partial charge in [-0.2, -0.15) is 0 Å². The summed E-state index contributed by atoms with van der Waals surface area (Å²) in [4.78, 5) is 23.1. The Morgan fingerprint density at radius 1 is 1.06 bits per heavy atom. The molecule has 0 unspecified atom stereocenters. The number of non-ortho nitro benzene ring substituents is 1. The first kappa shape index (κ1) is 24.7. The van der Waals surface area contributed by atoms with Crippen molar-refractivity contribution in [2.75, 3.05) is 0 Å². The number of ether oxygens (including phenoxy) is 1. The quantitative estimate of drug-likeness (QED) is 0.147. The maximum absolute atomic E-state index is 13.4. The third-order valence-electron chi connectivity index (χ3n) is 5.36. The van der Waals surface area contributed by atoms with Crippen LogP contribution >= 0.6 is 23.2 Å². The molecular weight excluding hydrogens is 515 g/mol. The Balaban J connectivity index is 1.84. The lowest BCUT2D eigenvalue weighted by Gasteiger charge is -2.11. The first-order valence-electron chi connectivity index (χ1n) is 10.3. The summed E-state index contributed by atoms with van der Waals surface area (Å²) < 4.78 is 33.6. The topological polar surface area (TPSA) is 109 Å². The molecule has 0 aliphatic carbocycles. The van der Waals surface area contributed by atoms with E-state index in [4.69, 9.17) is 27.9 Å². The highest BCUT2D eigenvalue weighted by Crippen LogP contribution is 2.40. The molecule has 0 fully saturated rings. The number of benzene rings is 3. The Kier molecular flexibility index (Phi) is 6.59. The van der Waals surface area contributed by atoms with E-state index in [9.17, 15) is 23.3 Å². The van der Waals surface area contributed by atoms with Crippen molar-refractivity contribution in [3.8, 4) is 11.5 Å². The van der Waals surface area contributed by atoms with E-state index < -0.39 is 14.9 Å². The largest absolute Gasteiger partial charge is 0.454 e. The number of fused-ring (bicyclic) bond motifs is 1. The van der Waals surface area contributed by atoms with Gasteiger partial charge in [0.25, 0.3) is 15.7 Å². The van der Waals surface area contributed by atoms with Gasteiger partial charge >= 0.3 is 0 Å². The predicted octanol–water partition coefficient (Wildman–Crippen LogP) is 6.79. The minimum absolute atomic E-state index is 0.00615. The number of hydrogen-bond acceptors (Lipinski definition) is 6. The summed E-state index contributed by atoms with van der Waals surface area (Å²) in [5, 5.41) is 11.2. The predicted molar refractivity (Wildman–Crippen MR) is 134 cm³/mol. The van der Waals surface area contributed by atoms with Gasteiger partial charge in [-0.3, -0.25) is 14.9 Å². The van der Waals surface area contributed by atoms with E-state index in [1.165, 1.54) is 36.5 Å². The van der Waals surface area contributed by atoms with Crippen LogP contribution < -0.4 is 4.74 Å². The first-order chi connectivity index (χ1) is 16.5. The van der Waals surface area contributed by atoms with Gasteiger partial charge < -0.3 is 4.74 Å². The fourth-order valence-corrected chi connectivity index (χ4v) is 5.47. The average molecular weight is 533 g/mol. The summed E-state index contributed by atoms with van der Waals surface area (Å²) in [6.45, 7) is 3.53. The summed E-state index contributed by atoms with van der Waals surface area (Å²) in [5.74, 6) is -0.0458. The lowest BCUT2D eigenvalue weighted by Crippen LogP contribution is -2.12. The highest BCUT2D eigenvalue weighted by Gasteiger charge is 2.24. The second-order valence-corrected chi connectivity index (χ2v) is 10.3. The van der Waals surface area contributed by atoms with Gasteiger partial charge in [0.2, 0.25) is 0 Å². The Bertz CT molecular complexity index is 1570. The monoisotopic (exact) mass is 532 g/mol. The normalized spacial score (nSPS) is 11.5. The van der Waals surface area contributed by atoms with E-state index in [0.29, 0.717) is 5.39 Å². The molecule has 4 aromatic rings. The number of rotatable bonds is 7. The zero-order chi connectivity index (χ0) is 25.5. The molecule has 180 valence electrons. The average Bonchev–Trinajstić information content (AvgIpc) is 3.20. The first-order valence-corrected chi connectivity index (χ1v) is 12.5. The van der Waals surface area contributed by atoms with Crippen LogP contribution in [0.5, 0.6) is 11.5 Å². The molecule has 0 atom stereocenters. The van der Waals surface area contributed by atoms with Gasteiger partial charge in [0.05, 0.1) is 25.4 Å². The molecule has 0 aliphatic rings. The fourth-order valence-electron chi connectivity index (χ4n) is 3.55. The number of nitro benzene ring substituents is 1. The molecule has 0 aliphatic heterocycles. The molecule has 3 aromatic carbocycles. The van der Waals surface area contributed by atoms with Crippen LogP contribution in [-0.2, 0) is 10.0 Å². The van der Waals surface area contributed by atoms with Crippen molar-refractivity contribution in [3.63, 3.8) is 0 Å². The summed E-state index contributed by atoms with van der Waals surface area (Å²) in [7, 11) is -3.98. The number of ketones is 1. The van der Waals surface area contributed by atoms with Crippen molar-refractivity contribution < 1.29 is 22.9 Å². The minimum Gasteiger partial charge on any atom is -0.454 e. The molecule has 1 heterocycles. The molecule has 1 aromatic heterocycles. The summed E-state index contributed by atoms with van der Waals surface area (Å²) in [6.07, 6.45) is 1.47. The number of nitro groups is 1. The zero-order valence-corrected chi connectivity index (χ0v) is 20.8. The maximum atomic E-state index is 13.4. The SMILES string of the molecule is CCC(=O)c1cn(S(=O)(=O)c2ccc(C)cc2)c2ccc(Oc3c(Cl)cc([N+](=O)[O-])cc3Cl)cc12. The molecule has 0 amide bonds. The van der Waals surface area contributed by atoms with Gasteiger partial charge in [-0.05, 0) is 37.3 Å². The lowest BCUT2D eigenvalue weighted by atomic mass is 10.1. The Morgan fingerprint density at radius 2 is 1.69 bits per heavy atom. The van der Waals surface area contributed by atoms with E-state index in [1.807, 2.05) is 6.92 Å². The van der Waals surface area contributed by atoms with Crippen molar-refractivity contribution in [1.82, 2.24) is 3.97 Å². The lowest BCUT2D eigenvalue weighted by molar-refractivity contribution is -0.384. The van der Waals surface area contributed by atoms with Crippen molar-refractivity contribution in [3.05, 3.63) is 92.1 Å². The highest BCUT2D eigenvalue weighted by atomic mass is 35.5. The highest BCUT2D eigenvalue weighted by molar-refractivity contribution is 7.90. The van der Waals surface area contributed by atoms with Crippen LogP contribution in [0, 0.1) is 17.0 Å². The van der Waals surface area contributed by atoms with Crippen LogP contribution in [0.15, 0.2) is 65.7 Å². The summed E-state index contributed by atoms with van der Waals surface area (Å²) >= 11 is 12.3. The molecule has 35 heavy (non-hydrogen) atoms. The molecule has 0 saturated carbocycles. The summed E-state index contributed by atoms with van der Waals surface area (Å²) in [6, 6.07) is 13.1. The molecule has 0 bridgehead atoms. The number of aromatic nitrogens is 1. The van der Waals surface area contributed by atoms with Crippen LogP contribution in [0.25, 0.3) is 10.9 Å². The van der Waals surface area contributed by atoms with E-state index in [1.54, 1.807) is 19.1 Å². The van der Waals surface area contributed by atoms with E-state index >= 15 is 0 Å².